The summed E-state index contributed by atoms with van der Waals surface area (Å²) in [6, 6.07) is 0. The molecule has 1 saturated heterocycles. The highest BCUT2D eigenvalue weighted by molar-refractivity contribution is 5.78. The Morgan fingerprint density at radius 1 is 1.00 bits per heavy atom. The van der Waals surface area contributed by atoms with Crippen molar-refractivity contribution in [1.29, 1.82) is 0 Å². The maximum atomic E-state index is 13.1. The van der Waals surface area contributed by atoms with Crippen LogP contribution in [0.1, 0.15) is 65.2 Å². The van der Waals surface area contributed by atoms with Crippen LogP contribution in [0.5, 0.6) is 0 Å². The Balaban J connectivity index is 1.47. The largest absolute Gasteiger partial charge is 0.459 e. The Kier molecular flexibility index (Phi) is 3.56. The lowest BCUT2D eigenvalue weighted by Crippen LogP contribution is -2.86. The zero-order valence-corrected chi connectivity index (χ0v) is 14.3. The molecule has 124 valence electrons. The Labute approximate surface area is 134 Å². The summed E-state index contributed by atoms with van der Waals surface area (Å²) in [5.41, 5.74) is -0.387. The first-order valence-electron chi connectivity index (χ1n) is 9.52. The van der Waals surface area contributed by atoms with E-state index in [0.717, 1.165) is 37.0 Å². The number of hydrogen-bond acceptors (Lipinski definition) is 2. The van der Waals surface area contributed by atoms with E-state index in [1.165, 1.54) is 45.2 Å². The molecule has 0 unspecified atom stereocenters. The summed E-state index contributed by atoms with van der Waals surface area (Å²) in [7, 11) is 0. The van der Waals surface area contributed by atoms with Gasteiger partial charge in [-0.3, -0.25) is 4.79 Å². The van der Waals surface area contributed by atoms with E-state index in [1.54, 1.807) is 0 Å². The fourth-order valence-electron chi connectivity index (χ4n) is 6.41. The van der Waals surface area contributed by atoms with E-state index in [4.69, 9.17) is 4.74 Å². The Morgan fingerprint density at radius 2 is 1.50 bits per heavy atom. The van der Waals surface area contributed by atoms with Gasteiger partial charge in [-0.05, 0) is 70.1 Å². The van der Waals surface area contributed by atoms with Gasteiger partial charge in [0.25, 0.3) is 0 Å². The maximum Gasteiger partial charge on any atom is 0.312 e. The fourth-order valence-corrected chi connectivity index (χ4v) is 6.41. The molecular weight excluding hydrogens is 274 g/mol. The van der Waals surface area contributed by atoms with E-state index in [0.29, 0.717) is 5.92 Å². The number of quaternary nitrogens is 1. The second kappa shape index (κ2) is 5.22. The van der Waals surface area contributed by atoms with Gasteiger partial charge in [0.05, 0.1) is 18.5 Å². The standard InChI is InChI=1S/C19H31NO2/c1-18(2,16-3-5-20-6-4-16)22-17(21)19-10-13-7-14(11-19)9-15(8-13)12-19/h13-16,20H,3-12H2,1-2H3/p+1. The number of esters is 1. The van der Waals surface area contributed by atoms with E-state index in [1.807, 2.05) is 0 Å². The van der Waals surface area contributed by atoms with Gasteiger partial charge in [0.15, 0.2) is 0 Å². The normalized spacial score (nSPS) is 41.6. The van der Waals surface area contributed by atoms with Crippen molar-refractivity contribution in [2.45, 2.75) is 70.8 Å². The van der Waals surface area contributed by atoms with Gasteiger partial charge < -0.3 is 10.1 Å². The van der Waals surface area contributed by atoms with Crippen molar-refractivity contribution in [3.63, 3.8) is 0 Å². The lowest BCUT2D eigenvalue weighted by molar-refractivity contribution is -0.665. The van der Waals surface area contributed by atoms with E-state index in [9.17, 15) is 4.79 Å². The molecule has 4 aliphatic carbocycles. The number of rotatable bonds is 3. The molecule has 3 heteroatoms. The first-order chi connectivity index (χ1) is 10.5. The molecule has 0 aromatic carbocycles. The molecule has 1 aliphatic heterocycles. The molecule has 5 fully saturated rings. The smallest absolute Gasteiger partial charge is 0.312 e. The van der Waals surface area contributed by atoms with Crippen LogP contribution < -0.4 is 5.32 Å². The third-order valence-corrected chi connectivity index (χ3v) is 7.25. The molecule has 1 heterocycles. The van der Waals surface area contributed by atoms with Gasteiger partial charge in [-0.25, -0.2) is 0 Å². The minimum atomic E-state index is -0.283. The van der Waals surface area contributed by atoms with Gasteiger partial charge in [-0.1, -0.05) is 0 Å². The molecule has 4 saturated carbocycles. The van der Waals surface area contributed by atoms with Gasteiger partial charge in [-0.2, -0.15) is 0 Å². The second-order valence-electron chi connectivity index (χ2n) is 9.33. The summed E-state index contributed by atoms with van der Waals surface area (Å²) in [6.45, 7) is 6.68. The average Bonchev–Trinajstić information content (AvgIpc) is 2.46. The molecule has 0 aromatic rings. The monoisotopic (exact) mass is 306 g/mol. The van der Waals surface area contributed by atoms with Crippen LogP contribution in [0.15, 0.2) is 0 Å². The molecule has 0 amide bonds. The number of carbonyl (C=O) groups is 1. The van der Waals surface area contributed by atoms with Crippen LogP contribution in [-0.4, -0.2) is 24.7 Å². The summed E-state index contributed by atoms with van der Waals surface area (Å²) >= 11 is 0. The summed E-state index contributed by atoms with van der Waals surface area (Å²) < 4.78 is 6.21. The second-order valence-corrected chi connectivity index (χ2v) is 9.33. The van der Waals surface area contributed by atoms with Gasteiger partial charge in [0, 0.05) is 18.8 Å². The van der Waals surface area contributed by atoms with Crippen LogP contribution in [0, 0.1) is 29.1 Å². The predicted octanol–water partition coefficient (Wildman–Crippen LogP) is 2.50. The predicted molar refractivity (Wildman–Crippen MR) is 85.2 cm³/mol. The molecule has 22 heavy (non-hydrogen) atoms. The minimum Gasteiger partial charge on any atom is -0.459 e. The van der Waals surface area contributed by atoms with Crippen molar-refractivity contribution in [2.24, 2.45) is 29.1 Å². The first kappa shape index (κ1) is 15.0. The van der Waals surface area contributed by atoms with Crippen LogP contribution >= 0.6 is 0 Å². The number of carbonyl (C=O) groups excluding carboxylic acids is 1. The Bertz CT molecular complexity index is 415. The molecular formula is C19H32NO2+. The molecule has 5 aliphatic rings. The van der Waals surface area contributed by atoms with Crippen molar-refractivity contribution in [1.82, 2.24) is 0 Å². The van der Waals surface area contributed by atoms with Crippen molar-refractivity contribution >= 4 is 5.97 Å². The molecule has 0 radical (unpaired) electrons. The molecule has 2 N–H and O–H groups in total. The fraction of sp³-hybridized carbons (Fsp3) is 0.947. The van der Waals surface area contributed by atoms with E-state index in [-0.39, 0.29) is 17.0 Å². The van der Waals surface area contributed by atoms with E-state index >= 15 is 0 Å². The third-order valence-electron chi connectivity index (χ3n) is 7.25. The van der Waals surface area contributed by atoms with Crippen molar-refractivity contribution in [3.05, 3.63) is 0 Å². The van der Waals surface area contributed by atoms with E-state index < -0.39 is 0 Å². The van der Waals surface area contributed by atoms with Crippen LogP contribution in [0.2, 0.25) is 0 Å². The zero-order chi connectivity index (χ0) is 15.4. The summed E-state index contributed by atoms with van der Waals surface area (Å²) in [4.78, 5) is 13.1. The number of nitrogens with two attached hydrogens (primary N) is 1. The SMILES string of the molecule is CC(C)(OC(=O)C12CC3CC(CC(C3)C1)C2)C1CC[NH2+]CC1. The average molecular weight is 306 g/mol. The van der Waals surface area contributed by atoms with E-state index in [2.05, 4.69) is 19.2 Å². The number of ether oxygens (including phenoxy) is 1. The first-order valence-corrected chi connectivity index (χ1v) is 9.52. The highest BCUT2D eigenvalue weighted by Crippen LogP contribution is 2.60. The van der Waals surface area contributed by atoms with Crippen LogP contribution in [0.4, 0.5) is 0 Å². The highest BCUT2D eigenvalue weighted by atomic mass is 16.6. The van der Waals surface area contributed by atoms with Crippen molar-refractivity contribution in [3.8, 4) is 0 Å². The molecule has 0 spiro atoms. The molecule has 4 bridgehead atoms. The summed E-state index contributed by atoms with van der Waals surface area (Å²) in [5, 5.41) is 2.38. The topological polar surface area (TPSA) is 42.9 Å². The van der Waals surface area contributed by atoms with Crippen LogP contribution in [-0.2, 0) is 9.53 Å². The lowest BCUT2D eigenvalue weighted by Gasteiger charge is -2.55. The van der Waals surface area contributed by atoms with Crippen LogP contribution in [0.3, 0.4) is 0 Å². The Hall–Kier alpha value is -0.570. The molecule has 5 rings (SSSR count). The molecule has 0 aromatic heterocycles. The quantitative estimate of drug-likeness (QED) is 0.814. The van der Waals surface area contributed by atoms with Crippen LogP contribution in [0.25, 0.3) is 0 Å². The third kappa shape index (κ3) is 2.50. The summed E-state index contributed by atoms with van der Waals surface area (Å²) in [6.07, 6.45) is 9.87. The Morgan fingerprint density at radius 3 is 2.00 bits per heavy atom. The highest BCUT2D eigenvalue weighted by Gasteiger charge is 2.56. The van der Waals surface area contributed by atoms with Gasteiger partial charge >= 0.3 is 5.97 Å². The zero-order valence-electron chi connectivity index (χ0n) is 14.3. The van der Waals surface area contributed by atoms with Gasteiger partial charge in [-0.15, -0.1) is 0 Å². The lowest BCUT2D eigenvalue weighted by atomic mass is 9.49. The van der Waals surface area contributed by atoms with Gasteiger partial charge in [0.2, 0.25) is 0 Å². The number of hydrogen-bond donors (Lipinski definition) is 1. The van der Waals surface area contributed by atoms with Gasteiger partial charge in [0.1, 0.15) is 5.60 Å². The maximum absolute atomic E-state index is 13.1. The number of piperidine rings is 1. The molecule has 3 nitrogen and oxygen atoms in total. The minimum absolute atomic E-state index is 0.104. The summed E-state index contributed by atoms with van der Waals surface area (Å²) in [5.74, 6) is 3.13. The van der Waals surface area contributed by atoms with Crippen molar-refractivity contribution < 1.29 is 14.8 Å². The van der Waals surface area contributed by atoms with Crippen molar-refractivity contribution in [2.75, 3.05) is 13.1 Å². The molecule has 0 atom stereocenters.